The van der Waals surface area contributed by atoms with Crippen molar-refractivity contribution in [2.75, 3.05) is 13.1 Å². The third-order valence-corrected chi connectivity index (χ3v) is 4.06. The molecule has 0 aromatic rings. The zero-order valence-corrected chi connectivity index (χ0v) is 10.8. The summed E-state index contributed by atoms with van der Waals surface area (Å²) < 4.78 is 0. The van der Waals surface area contributed by atoms with Crippen molar-refractivity contribution in [3.05, 3.63) is 0 Å². The average Bonchev–Trinajstić information content (AvgIpc) is 2.47. The predicted molar refractivity (Wildman–Crippen MR) is 65.7 cm³/mol. The Morgan fingerprint density at radius 3 is 2.76 bits per heavy atom. The van der Waals surface area contributed by atoms with Crippen molar-refractivity contribution in [1.82, 2.24) is 10.2 Å². The summed E-state index contributed by atoms with van der Waals surface area (Å²) in [5, 5.41) is 2.88. The molecule has 1 aliphatic carbocycles. The van der Waals surface area contributed by atoms with Crippen molar-refractivity contribution in [2.45, 2.75) is 57.5 Å². The maximum atomic E-state index is 12.1. The highest BCUT2D eigenvalue weighted by Crippen LogP contribution is 2.27. The topological polar surface area (TPSA) is 49.4 Å². The number of ketones is 1. The molecule has 1 heterocycles. The summed E-state index contributed by atoms with van der Waals surface area (Å²) in [6.45, 7) is 5.28. The van der Waals surface area contributed by atoms with Gasteiger partial charge in [-0.15, -0.1) is 0 Å². The number of carbonyl (C=O) groups excluding carboxylic acids is 2. The van der Waals surface area contributed by atoms with Crippen LogP contribution in [0.3, 0.4) is 0 Å². The fourth-order valence-corrected chi connectivity index (χ4v) is 2.93. The monoisotopic (exact) mass is 238 g/mol. The minimum absolute atomic E-state index is 0.0424. The van der Waals surface area contributed by atoms with Crippen LogP contribution in [0.4, 0.5) is 0 Å². The van der Waals surface area contributed by atoms with Crippen LogP contribution in [0.5, 0.6) is 0 Å². The fourth-order valence-electron chi connectivity index (χ4n) is 2.93. The Bertz CT molecular complexity index is 325. The van der Waals surface area contributed by atoms with Crippen LogP contribution in [0.2, 0.25) is 0 Å². The summed E-state index contributed by atoms with van der Waals surface area (Å²) in [6.07, 6.45) is 4.84. The number of carbonyl (C=O) groups is 2. The van der Waals surface area contributed by atoms with E-state index in [-0.39, 0.29) is 11.9 Å². The van der Waals surface area contributed by atoms with Gasteiger partial charge in [0.15, 0.2) is 0 Å². The number of hydrogen-bond acceptors (Lipinski definition) is 3. The maximum absolute atomic E-state index is 12.1. The summed E-state index contributed by atoms with van der Waals surface area (Å²) in [6, 6.07) is -0.0430. The minimum Gasteiger partial charge on any atom is -0.353 e. The van der Waals surface area contributed by atoms with Crippen molar-refractivity contribution < 1.29 is 9.59 Å². The molecule has 2 fully saturated rings. The van der Waals surface area contributed by atoms with Gasteiger partial charge in [-0.05, 0) is 26.7 Å². The normalized spacial score (nSPS) is 30.8. The third-order valence-electron chi connectivity index (χ3n) is 4.06. The molecule has 4 nitrogen and oxygen atoms in total. The van der Waals surface area contributed by atoms with Crippen molar-refractivity contribution in [3.8, 4) is 0 Å². The van der Waals surface area contributed by atoms with Crippen LogP contribution in [-0.2, 0) is 9.59 Å². The van der Waals surface area contributed by atoms with Crippen molar-refractivity contribution in [1.29, 1.82) is 0 Å². The maximum Gasteiger partial charge on any atom is 0.240 e. The number of amides is 1. The molecule has 0 radical (unpaired) electrons. The lowest BCUT2D eigenvalue weighted by Crippen LogP contribution is -2.65. The second-order valence-corrected chi connectivity index (χ2v) is 5.59. The first-order valence-electron chi connectivity index (χ1n) is 6.61. The standard InChI is InChI=1S/C13H22N2O2/c1-13(2)12(17)14-8-9-15(13)10-6-4-3-5-7-11(10)16/h10H,3-9H2,1-2H3,(H,14,17). The molecule has 96 valence electrons. The largest absolute Gasteiger partial charge is 0.353 e. The number of piperazine rings is 1. The smallest absolute Gasteiger partial charge is 0.240 e. The van der Waals surface area contributed by atoms with Crippen LogP contribution in [0.1, 0.15) is 46.0 Å². The Hall–Kier alpha value is -0.900. The van der Waals surface area contributed by atoms with Gasteiger partial charge in [-0.2, -0.15) is 0 Å². The number of hydrogen-bond donors (Lipinski definition) is 1. The Morgan fingerprint density at radius 2 is 2.00 bits per heavy atom. The summed E-state index contributed by atoms with van der Waals surface area (Å²) in [5.74, 6) is 0.367. The van der Waals surface area contributed by atoms with E-state index in [1.54, 1.807) is 0 Å². The van der Waals surface area contributed by atoms with Crippen molar-refractivity contribution >= 4 is 11.7 Å². The second kappa shape index (κ2) is 4.77. The number of nitrogens with one attached hydrogen (secondary N) is 1. The number of nitrogens with zero attached hydrogens (tertiary/aromatic N) is 1. The van der Waals surface area contributed by atoms with Gasteiger partial charge in [0, 0.05) is 19.5 Å². The summed E-state index contributed by atoms with van der Waals surface area (Å²) in [5.41, 5.74) is -0.553. The van der Waals surface area contributed by atoms with Crippen molar-refractivity contribution in [3.63, 3.8) is 0 Å². The van der Waals surface area contributed by atoms with Crippen LogP contribution in [0.15, 0.2) is 0 Å². The van der Waals surface area contributed by atoms with E-state index in [0.29, 0.717) is 18.7 Å². The Balaban J connectivity index is 2.18. The molecule has 1 saturated carbocycles. The van der Waals surface area contributed by atoms with Gasteiger partial charge in [-0.25, -0.2) is 0 Å². The van der Waals surface area contributed by atoms with E-state index in [9.17, 15) is 9.59 Å². The molecule has 1 atom stereocenters. The van der Waals surface area contributed by atoms with E-state index in [4.69, 9.17) is 0 Å². The minimum atomic E-state index is -0.553. The fraction of sp³-hybridized carbons (Fsp3) is 0.846. The molecule has 0 bridgehead atoms. The van der Waals surface area contributed by atoms with Gasteiger partial charge in [0.25, 0.3) is 0 Å². The van der Waals surface area contributed by atoms with Gasteiger partial charge in [-0.1, -0.05) is 12.8 Å². The van der Waals surface area contributed by atoms with Gasteiger partial charge in [-0.3, -0.25) is 14.5 Å². The lowest BCUT2D eigenvalue weighted by atomic mass is 9.93. The van der Waals surface area contributed by atoms with E-state index in [1.165, 1.54) is 0 Å². The van der Waals surface area contributed by atoms with Gasteiger partial charge in [0.05, 0.1) is 11.6 Å². The zero-order valence-electron chi connectivity index (χ0n) is 10.8. The number of rotatable bonds is 1. The van der Waals surface area contributed by atoms with E-state index >= 15 is 0 Å². The van der Waals surface area contributed by atoms with Crippen LogP contribution in [0, 0.1) is 0 Å². The summed E-state index contributed by atoms with van der Waals surface area (Å²) in [7, 11) is 0. The molecule has 2 aliphatic rings. The molecule has 2 rings (SSSR count). The molecule has 1 amide bonds. The molecule has 0 spiro atoms. The van der Waals surface area contributed by atoms with Crippen LogP contribution in [0.25, 0.3) is 0 Å². The highest BCUT2D eigenvalue weighted by atomic mass is 16.2. The molecule has 0 aromatic heterocycles. The molecule has 1 N–H and O–H groups in total. The molecule has 17 heavy (non-hydrogen) atoms. The van der Waals surface area contributed by atoms with Crippen LogP contribution in [-0.4, -0.2) is 41.3 Å². The van der Waals surface area contributed by atoms with Gasteiger partial charge in [0.2, 0.25) is 5.91 Å². The quantitative estimate of drug-likeness (QED) is 0.696. The first kappa shape index (κ1) is 12.6. The van der Waals surface area contributed by atoms with E-state index in [1.807, 2.05) is 13.8 Å². The van der Waals surface area contributed by atoms with E-state index < -0.39 is 5.54 Å². The molecule has 1 unspecified atom stereocenters. The highest BCUT2D eigenvalue weighted by molar-refractivity contribution is 5.89. The van der Waals surface area contributed by atoms with Gasteiger partial charge >= 0.3 is 0 Å². The summed E-state index contributed by atoms with van der Waals surface area (Å²) in [4.78, 5) is 26.1. The lowest BCUT2D eigenvalue weighted by Gasteiger charge is -2.45. The first-order valence-corrected chi connectivity index (χ1v) is 6.61. The van der Waals surface area contributed by atoms with Gasteiger partial charge < -0.3 is 5.32 Å². The van der Waals surface area contributed by atoms with Gasteiger partial charge in [0.1, 0.15) is 5.78 Å². The predicted octanol–water partition coefficient (Wildman–Crippen LogP) is 1.10. The molecule has 1 aliphatic heterocycles. The van der Waals surface area contributed by atoms with Crippen molar-refractivity contribution in [2.24, 2.45) is 0 Å². The van der Waals surface area contributed by atoms with E-state index in [0.717, 1.165) is 32.2 Å². The zero-order chi connectivity index (χ0) is 12.5. The highest BCUT2D eigenvalue weighted by Gasteiger charge is 2.43. The Kier molecular flexibility index (Phi) is 3.52. The van der Waals surface area contributed by atoms with E-state index in [2.05, 4.69) is 10.2 Å². The Labute approximate surface area is 103 Å². The molecular weight excluding hydrogens is 216 g/mol. The second-order valence-electron chi connectivity index (χ2n) is 5.59. The number of Topliss-reactive ketones (excluding diaryl/α,β-unsaturated/α-hetero) is 1. The third kappa shape index (κ3) is 2.37. The molecule has 1 saturated heterocycles. The molecular formula is C13H22N2O2. The summed E-state index contributed by atoms with van der Waals surface area (Å²) >= 11 is 0. The van der Waals surface area contributed by atoms with Crippen LogP contribution < -0.4 is 5.32 Å². The Morgan fingerprint density at radius 1 is 1.24 bits per heavy atom. The lowest BCUT2D eigenvalue weighted by molar-refractivity contribution is -0.141. The van der Waals surface area contributed by atoms with Crippen LogP contribution >= 0.6 is 0 Å². The molecule has 4 heteroatoms. The first-order chi connectivity index (χ1) is 8.03. The molecule has 0 aromatic carbocycles. The average molecular weight is 238 g/mol. The SMILES string of the molecule is CC1(C)C(=O)NCCN1C1CCCCCC1=O.